The monoisotopic (exact) mass is 322 g/mol. The van der Waals surface area contributed by atoms with E-state index in [2.05, 4.69) is 0 Å². The number of hydrogen-bond donors (Lipinski definition) is 0. The van der Waals surface area contributed by atoms with Gasteiger partial charge in [-0.3, -0.25) is 9.59 Å². The number of amides is 2. The molecule has 0 unspecified atom stereocenters. The van der Waals surface area contributed by atoms with E-state index in [-0.39, 0.29) is 11.8 Å². The van der Waals surface area contributed by atoms with Crippen LogP contribution in [-0.4, -0.2) is 25.4 Å². The number of fused-ring (bicyclic) bond motifs is 1. The van der Waals surface area contributed by atoms with Crippen LogP contribution in [-0.2, 0) is 22.4 Å². The van der Waals surface area contributed by atoms with Gasteiger partial charge >= 0.3 is 0 Å². The SMILES string of the molecule is CCN(C(=O)Cc1ccc2c(c1)CC(=O)N2C)c1cccc(C)c1. The van der Waals surface area contributed by atoms with Crippen molar-refractivity contribution in [3.8, 4) is 0 Å². The fraction of sp³-hybridized carbons (Fsp3) is 0.300. The zero-order valence-corrected chi connectivity index (χ0v) is 14.4. The Hall–Kier alpha value is -2.62. The molecule has 0 fully saturated rings. The zero-order chi connectivity index (χ0) is 17.3. The average molecular weight is 322 g/mol. The minimum atomic E-state index is 0.0701. The lowest BCUT2D eigenvalue weighted by Gasteiger charge is -2.22. The maximum absolute atomic E-state index is 12.7. The lowest BCUT2D eigenvalue weighted by molar-refractivity contribution is -0.118. The van der Waals surface area contributed by atoms with Gasteiger partial charge in [-0.2, -0.15) is 0 Å². The van der Waals surface area contributed by atoms with Crippen molar-refractivity contribution in [1.82, 2.24) is 0 Å². The molecule has 1 heterocycles. The molecule has 0 aromatic heterocycles. The maximum Gasteiger partial charge on any atom is 0.231 e. The van der Waals surface area contributed by atoms with Gasteiger partial charge in [-0.1, -0.05) is 24.3 Å². The summed E-state index contributed by atoms with van der Waals surface area (Å²) in [6, 6.07) is 13.8. The van der Waals surface area contributed by atoms with Crippen molar-refractivity contribution in [1.29, 1.82) is 0 Å². The lowest BCUT2D eigenvalue weighted by Crippen LogP contribution is -2.32. The molecule has 24 heavy (non-hydrogen) atoms. The predicted octanol–water partition coefficient (Wildman–Crippen LogP) is 3.11. The molecule has 0 N–H and O–H groups in total. The molecule has 2 aromatic carbocycles. The summed E-state index contributed by atoms with van der Waals surface area (Å²) in [5, 5.41) is 0. The molecule has 2 aromatic rings. The molecule has 1 aliphatic heterocycles. The Bertz CT molecular complexity index is 798. The summed E-state index contributed by atoms with van der Waals surface area (Å²) in [4.78, 5) is 28.0. The van der Waals surface area contributed by atoms with Gasteiger partial charge in [-0.25, -0.2) is 0 Å². The van der Waals surface area contributed by atoms with Crippen molar-refractivity contribution >= 4 is 23.2 Å². The summed E-state index contributed by atoms with van der Waals surface area (Å²) < 4.78 is 0. The Balaban J connectivity index is 1.79. The fourth-order valence-corrected chi connectivity index (χ4v) is 3.20. The summed E-state index contributed by atoms with van der Waals surface area (Å²) in [7, 11) is 1.79. The van der Waals surface area contributed by atoms with Gasteiger partial charge in [-0.05, 0) is 48.7 Å². The third kappa shape index (κ3) is 3.04. The smallest absolute Gasteiger partial charge is 0.231 e. The van der Waals surface area contributed by atoms with Crippen LogP contribution in [0.15, 0.2) is 42.5 Å². The number of hydrogen-bond acceptors (Lipinski definition) is 2. The van der Waals surface area contributed by atoms with Crippen LogP contribution in [0.1, 0.15) is 23.6 Å². The number of nitrogens with zero attached hydrogens (tertiary/aromatic N) is 2. The van der Waals surface area contributed by atoms with Crippen LogP contribution in [0.2, 0.25) is 0 Å². The number of rotatable bonds is 4. The zero-order valence-electron chi connectivity index (χ0n) is 14.4. The highest BCUT2D eigenvalue weighted by atomic mass is 16.2. The summed E-state index contributed by atoms with van der Waals surface area (Å²) >= 11 is 0. The van der Waals surface area contributed by atoms with Gasteiger partial charge in [0.15, 0.2) is 0 Å². The Morgan fingerprint density at radius 1 is 1.21 bits per heavy atom. The van der Waals surface area contributed by atoms with Gasteiger partial charge in [0.2, 0.25) is 11.8 Å². The molecule has 0 aliphatic carbocycles. The average Bonchev–Trinajstić information content (AvgIpc) is 2.82. The topological polar surface area (TPSA) is 40.6 Å². The number of benzene rings is 2. The molecule has 124 valence electrons. The van der Waals surface area contributed by atoms with E-state index in [1.165, 1.54) is 0 Å². The Morgan fingerprint density at radius 3 is 2.71 bits per heavy atom. The van der Waals surface area contributed by atoms with E-state index in [1.54, 1.807) is 16.8 Å². The van der Waals surface area contributed by atoms with E-state index < -0.39 is 0 Å². The van der Waals surface area contributed by atoms with E-state index in [0.29, 0.717) is 19.4 Å². The van der Waals surface area contributed by atoms with Gasteiger partial charge in [0, 0.05) is 25.0 Å². The number of carbonyl (C=O) groups excluding carboxylic acids is 2. The van der Waals surface area contributed by atoms with Crippen molar-refractivity contribution in [3.63, 3.8) is 0 Å². The Kier molecular flexibility index (Phi) is 4.38. The second-order valence-corrected chi connectivity index (χ2v) is 6.25. The van der Waals surface area contributed by atoms with E-state index in [0.717, 1.165) is 28.1 Å². The first-order valence-corrected chi connectivity index (χ1v) is 8.25. The van der Waals surface area contributed by atoms with Gasteiger partial charge < -0.3 is 9.80 Å². The van der Waals surface area contributed by atoms with Crippen molar-refractivity contribution in [2.24, 2.45) is 0 Å². The number of anilines is 2. The molecule has 3 rings (SSSR count). The standard InChI is InChI=1S/C20H22N2O2/c1-4-22(17-7-5-6-14(2)10-17)20(24)12-15-8-9-18-16(11-15)13-19(23)21(18)3/h5-11H,4,12-13H2,1-3H3. The van der Waals surface area contributed by atoms with Crippen LogP contribution in [0, 0.1) is 6.92 Å². The molecule has 0 atom stereocenters. The lowest BCUT2D eigenvalue weighted by atomic mass is 10.0. The molecule has 4 heteroatoms. The van der Waals surface area contributed by atoms with E-state index in [1.807, 2.05) is 56.3 Å². The van der Waals surface area contributed by atoms with Crippen LogP contribution >= 0.6 is 0 Å². The van der Waals surface area contributed by atoms with Gasteiger partial charge in [0.05, 0.1) is 12.8 Å². The summed E-state index contributed by atoms with van der Waals surface area (Å²) in [6.45, 7) is 4.64. The third-order valence-electron chi connectivity index (χ3n) is 4.51. The Labute approximate surface area is 142 Å². The first kappa shape index (κ1) is 16.2. The summed E-state index contributed by atoms with van der Waals surface area (Å²) in [6.07, 6.45) is 0.760. The van der Waals surface area contributed by atoms with Crippen LogP contribution < -0.4 is 9.80 Å². The summed E-state index contributed by atoms with van der Waals surface area (Å²) in [5.74, 6) is 0.171. The summed E-state index contributed by atoms with van der Waals surface area (Å²) in [5.41, 5.74) is 4.97. The molecule has 0 spiro atoms. The highest BCUT2D eigenvalue weighted by Crippen LogP contribution is 2.28. The van der Waals surface area contributed by atoms with E-state index >= 15 is 0 Å². The molecule has 0 saturated heterocycles. The van der Waals surface area contributed by atoms with E-state index in [9.17, 15) is 9.59 Å². The molecule has 2 amide bonds. The second-order valence-electron chi connectivity index (χ2n) is 6.25. The molecule has 1 aliphatic rings. The van der Waals surface area contributed by atoms with Crippen LogP contribution in [0.4, 0.5) is 11.4 Å². The molecule has 0 bridgehead atoms. The third-order valence-corrected chi connectivity index (χ3v) is 4.51. The van der Waals surface area contributed by atoms with Gasteiger partial charge in [-0.15, -0.1) is 0 Å². The second kappa shape index (κ2) is 6.48. The van der Waals surface area contributed by atoms with Crippen LogP contribution in [0.5, 0.6) is 0 Å². The van der Waals surface area contributed by atoms with Gasteiger partial charge in [0.25, 0.3) is 0 Å². The van der Waals surface area contributed by atoms with Crippen molar-refractivity contribution in [2.45, 2.75) is 26.7 Å². The number of aryl methyl sites for hydroxylation is 1. The first-order chi connectivity index (χ1) is 11.5. The minimum absolute atomic E-state index is 0.0701. The van der Waals surface area contributed by atoms with Gasteiger partial charge in [0.1, 0.15) is 0 Å². The normalized spacial score (nSPS) is 13.1. The largest absolute Gasteiger partial charge is 0.315 e. The van der Waals surface area contributed by atoms with E-state index in [4.69, 9.17) is 0 Å². The molecule has 0 saturated carbocycles. The number of carbonyl (C=O) groups is 2. The quantitative estimate of drug-likeness (QED) is 0.868. The number of likely N-dealkylation sites (N-methyl/N-ethyl adjacent to an activating group) is 2. The highest BCUT2D eigenvalue weighted by Gasteiger charge is 2.24. The van der Waals surface area contributed by atoms with Crippen molar-refractivity contribution in [2.75, 3.05) is 23.4 Å². The minimum Gasteiger partial charge on any atom is -0.315 e. The van der Waals surface area contributed by atoms with Crippen LogP contribution in [0.3, 0.4) is 0 Å². The highest BCUT2D eigenvalue weighted by molar-refractivity contribution is 6.01. The molecule has 4 nitrogen and oxygen atoms in total. The first-order valence-electron chi connectivity index (χ1n) is 8.25. The molecular weight excluding hydrogens is 300 g/mol. The van der Waals surface area contributed by atoms with Crippen LogP contribution in [0.25, 0.3) is 0 Å². The van der Waals surface area contributed by atoms with Crippen molar-refractivity contribution in [3.05, 3.63) is 59.2 Å². The predicted molar refractivity (Wildman–Crippen MR) is 96.5 cm³/mol. The Morgan fingerprint density at radius 2 is 2.00 bits per heavy atom. The van der Waals surface area contributed by atoms with Crippen molar-refractivity contribution < 1.29 is 9.59 Å². The molecule has 0 radical (unpaired) electrons. The fourth-order valence-electron chi connectivity index (χ4n) is 3.20. The maximum atomic E-state index is 12.7. The molecular formula is C20H22N2O2.